The van der Waals surface area contributed by atoms with Crippen molar-refractivity contribution in [2.24, 2.45) is 5.92 Å². The predicted octanol–water partition coefficient (Wildman–Crippen LogP) is 4.04. The highest BCUT2D eigenvalue weighted by Gasteiger charge is 2.32. The molecule has 1 aliphatic heterocycles. The lowest BCUT2D eigenvalue weighted by Crippen LogP contribution is -2.52. The maximum absolute atomic E-state index is 13.9. The van der Waals surface area contributed by atoms with Crippen molar-refractivity contribution in [2.45, 2.75) is 57.1 Å². The second kappa shape index (κ2) is 10.6. The van der Waals surface area contributed by atoms with Crippen LogP contribution in [0.2, 0.25) is 0 Å². The Morgan fingerprint density at radius 3 is 2.33 bits per heavy atom. The summed E-state index contributed by atoms with van der Waals surface area (Å²) in [5.41, 5.74) is 0.939. The van der Waals surface area contributed by atoms with E-state index in [0.717, 1.165) is 17.7 Å². The Bertz CT molecular complexity index is 1070. The molecule has 0 bridgehead atoms. The van der Waals surface area contributed by atoms with Gasteiger partial charge in [-0.25, -0.2) is 17.2 Å². The van der Waals surface area contributed by atoms with Crippen molar-refractivity contribution in [3.63, 3.8) is 0 Å². The van der Waals surface area contributed by atoms with Gasteiger partial charge in [0.2, 0.25) is 15.9 Å². The Hall–Kier alpha value is -2.52. The van der Waals surface area contributed by atoms with Crippen LogP contribution in [-0.2, 0) is 14.8 Å². The molecule has 0 radical (unpaired) electrons. The average Bonchev–Trinajstić information content (AvgIpc) is 2.75. The number of amides is 1. The molecule has 3 rings (SSSR count). The molecule has 1 fully saturated rings. The van der Waals surface area contributed by atoms with E-state index in [2.05, 4.69) is 4.72 Å². The van der Waals surface area contributed by atoms with Crippen molar-refractivity contribution < 1.29 is 26.7 Å². The SMILES string of the molecule is Cc1ccc(S(=O)(=O)NC(CC(C)C)C(=O)N2CCC(Oc3ccc(F)cc3F)CC2)cc1. The van der Waals surface area contributed by atoms with Crippen molar-refractivity contribution in [3.05, 3.63) is 59.7 Å². The minimum Gasteiger partial charge on any atom is -0.487 e. The van der Waals surface area contributed by atoms with Gasteiger partial charge in [-0.05, 0) is 43.5 Å². The van der Waals surface area contributed by atoms with Crippen LogP contribution < -0.4 is 9.46 Å². The highest BCUT2D eigenvalue weighted by molar-refractivity contribution is 7.89. The molecule has 1 aliphatic rings. The molecular formula is C24H30F2N2O4S. The van der Waals surface area contributed by atoms with Gasteiger partial charge < -0.3 is 9.64 Å². The van der Waals surface area contributed by atoms with Gasteiger partial charge in [0.25, 0.3) is 0 Å². The lowest BCUT2D eigenvalue weighted by Gasteiger charge is -2.34. The van der Waals surface area contributed by atoms with Crippen molar-refractivity contribution in [2.75, 3.05) is 13.1 Å². The maximum Gasteiger partial charge on any atom is 0.241 e. The van der Waals surface area contributed by atoms with Crippen LogP contribution in [0.5, 0.6) is 5.75 Å². The van der Waals surface area contributed by atoms with Crippen molar-refractivity contribution >= 4 is 15.9 Å². The quantitative estimate of drug-likeness (QED) is 0.619. The number of nitrogens with zero attached hydrogens (tertiary/aromatic N) is 1. The van der Waals surface area contributed by atoms with E-state index in [9.17, 15) is 22.0 Å². The van der Waals surface area contributed by atoms with E-state index >= 15 is 0 Å². The van der Waals surface area contributed by atoms with Gasteiger partial charge in [0.05, 0.1) is 4.90 Å². The number of carbonyl (C=O) groups excluding carboxylic acids is 1. The summed E-state index contributed by atoms with van der Waals surface area (Å²) >= 11 is 0. The summed E-state index contributed by atoms with van der Waals surface area (Å²) in [6.07, 6.45) is 0.964. The van der Waals surface area contributed by atoms with Crippen LogP contribution in [0.4, 0.5) is 8.78 Å². The Labute approximate surface area is 194 Å². The number of benzene rings is 2. The molecule has 0 spiro atoms. The van der Waals surface area contributed by atoms with Crippen LogP contribution in [0.3, 0.4) is 0 Å². The molecule has 0 aliphatic carbocycles. The number of hydrogen-bond acceptors (Lipinski definition) is 4. The monoisotopic (exact) mass is 480 g/mol. The molecule has 6 nitrogen and oxygen atoms in total. The van der Waals surface area contributed by atoms with Crippen LogP contribution in [-0.4, -0.2) is 44.5 Å². The molecule has 1 N–H and O–H groups in total. The smallest absolute Gasteiger partial charge is 0.241 e. The summed E-state index contributed by atoms with van der Waals surface area (Å²) in [6.45, 7) is 6.43. The van der Waals surface area contributed by atoms with Crippen LogP contribution in [0, 0.1) is 24.5 Å². The lowest BCUT2D eigenvalue weighted by atomic mass is 10.0. The third kappa shape index (κ3) is 6.74. The first-order chi connectivity index (χ1) is 15.5. The molecule has 1 atom stereocenters. The first-order valence-electron chi connectivity index (χ1n) is 11.0. The van der Waals surface area contributed by atoms with Crippen LogP contribution in [0.1, 0.15) is 38.7 Å². The molecule has 9 heteroatoms. The van der Waals surface area contributed by atoms with E-state index in [1.807, 2.05) is 20.8 Å². The zero-order valence-corrected chi connectivity index (χ0v) is 19.9. The summed E-state index contributed by atoms with van der Waals surface area (Å²) < 4.78 is 60.9. The van der Waals surface area contributed by atoms with E-state index in [4.69, 9.17) is 4.74 Å². The normalized spacial score (nSPS) is 16.1. The number of likely N-dealkylation sites (tertiary alicyclic amines) is 1. The molecular weight excluding hydrogens is 450 g/mol. The molecule has 2 aromatic rings. The minimum atomic E-state index is -3.86. The van der Waals surface area contributed by atoms with E-state index in [1.54, 1.807) is 17.0 Å². The number of nitrogens with one attached hydrogen (secondary N) is 1. The number of piperidine rings is 1. The van der Waals surface area contributed by atoms with Crippen LogP contribution in [0.15, 0.2) is 47.4 Å². The van der Waals surface area contributed by atoms with Crippen molar-refractivity contribution in [1.29, 1.82) is 0 Å². The van der Waals surface area contributed by atoms with Gasteiger partial charge in [0.1, 0.15) is 18.0 Å². The number of sulfonamides is 1. The molecule has 0 aromatic heterocycles. The first-order valence-corrected chi connectivity index (χ1v) is 12.5. The molecule has 1 unspecified atom stereocenters. The molecule has 1 amide bonds. The topological polar surface area (TPSA) is 75.7 Å². The lowest BCUT2D eigenvalue weighted by molar-refractivity contribution is -0.135. The number of aryl methyl sites for hydroxylation is 1. The molecule has 1 heterocycles. The van der Waals surface area contributed by atoms with Crippen molar-refractivity contribution in [3.8, 4) is 5.75 Å². The first kappa shape index (κ1) is 25.1. The average molecular weight is 481 g/mol. The number of rotatable bonds is 8. The molecule has 0 saturated carbocycles. The Morgan fingerprint density at radius 1 is 1.12 bits per heavy atom. The summed E-state index contributed by atoms with van der Waals surface area (Å²) in [4.78, 5) is 14.9. The van der Waals surface area contributed by atoms with E-state index < -0.39 is 27.7 Å². The highest BCUT2D eigenvalue weighted by Crippen LogP contribution is 2.24. The Balaban J connectivity index is 1.64. The fraction of sp³-hybridized carbons (Fsp3) is 0.458. The Kier molecular flexibility index (Phi) is 8.07. The van der Waals surface area contributed by atoms with Crippen molar-refractivity contribution in [1.82, 2.24) is 9.62 Å². The van der Waals surface area contributed by atoms with Gasteiger partial charge in [0, 0.05) is 32.0 Å². The second-order valence-corrected chi connectivity index (χ2v) is 10.5. The van der Waals surface area contributed by atoms with Gasteiger partial charge in [-0.15, -0.1) is 0 Å². The van der Waals surface area contributed by atoms with Gasteiger partial charge >= 0.3 is 0 Å². The second-order valence-electron chi connectivity index (χ2n) is 8.83. The standard InChI is InChI=1S/C24H30F2N2O4S/c1-16(2)14-22(27-33(30,31)20-7-4-17(3)5-8-20)24(29)28-12-10-19(11-13-28)32-23-9-6-18(25)15-21(23)26/h4-9,15-16,19,22,27H,10-14H2,1-3H3. The third-order valence-corrected chi connectivity index (χ3v) is 7.06. The van der Waals surface area contributed by atoms with Gasteiger partial charge in [0.15, 0.2) is 11.6 Å². The molecule has 180 valence electrons. The summed E-state index contributed by atoms with van der Waals surface area (Å²) in [5.74, 6) is -1.65. The molecule has 1 saturated heterocycles. The molecule has 2 aromatic carbocycles. The number of halogens is 2. The highest BCUT2D eigenvalue weighted by atomic mass is 32.2. The zero-order chi connectivity index (χ0) is 24.2. The van der Waals surface area contributed by atoms with Gasteiger partial charge in [-0.3, -0.25) is 4.79 Å². The van der Waals surface area contributed by atoms with Gasteiger partial charge in [-0.1, -0.05) is 31.5 Å². The fourth-order valence-corrected chi connectivity index (χ4v) is 5.01. The Morgan fingerprint density at radius 2 is 1.76 bits per heavy atom. The minimum absolute atomic E-state index is 0.0234. The maximum atomic E-state index is 13.9. The number of hydrogen-bond donors (Lipinski definition) is 1. The van der Waals surface area contributed by atoms with Crippen LogP contribution >= 0.6 is 0 Å². The largest absolute Gasteiger partial charge is 0.487 e. The van der Waals surface area contributed by atoms with E-state index in [-0.39, 0.29) is 28.6 Å². The van der Waals surface area contributed by atoms with E-state index in [1.165, 1.54) is 18.2 Å². The predicted molar refractivity (Wildman–Crippen MR) is 121 cm³/mol. The number of ether oxygens (including phenoxy) is 1. The van der Waals surface area contributed by atoms with E-state index in [0.29, 0.717) is 32.4 Å². The van der Waals surface area contributed by atoms with Gasteiger partial charge in [-0.2, -0.15) is 4.72 Å². The zero-order valence-electron chi connectivity index (χ0n) is 19.1. The summed E-state index contributed by atoms with van der Waals surface area (Å²) in [5, 5.41) is 0. The third-order valence-electron chi connectivity index (χ3n) is 5.58. The molecule has 33 heavy (non-hydrogen) atoms. The summed E-state index contributed by atoms with van der Waals surface area (Å²) in [6, 6.07) is 8.73. The van der Waals surface area contributed by atoms with Crippen LogP contribution in [0.25, 0.3) is 0 Å². The number of carbonyl (C=O) groups is 1. The summed E-state index contributed by atoms with van der Waals surface area (Å²) in [7, 11) is -3.86. The fourth-order valence-electron chi connectivity index (χ4n) is 3.81.